The number of nitrogens with one attached hydrogen (secondary N) is 1. The van der Waals surface area contributed by atoms with E-state index in [9.17, 15) is 4.79 Å². The highest BCUT2D eigenvalue weighted by Crippen LogP contribution is 2.31. The van der Waals surface area contributed by atoms with E-state index in [4.69, 9.17) is 11.6 Å². The van der Waals surface area contributed by atoms with Crippen LogP contribution in [0.2, 0.25) is 0 Å². The van der Waals surface area contributed by atoms with E-state index in [0.717, 1.165) is 31.6 Å². The molecule has 0 radical (unpaired) electrons. The predicted molar refractivity (Wildman–Crippen MR) is 91.2 cm³/mol. The van der Waals surface area contributed by atoms with Gasteiger partial charge in [-0.1, -0.05) is 0 Å². The first kappa shape index (κ1) is 16.6. The third-order valence-electron chi connectivity index (χ3n) is 4.07. The summed E-state index contributed by atoms with van der Waals surface area (Å²) in [6.45, 7) is 1.44. The number of piperidine rings is 1. The summed E-state index contributed by atoms with van der Waals surface area (Å²) >= 11 is 5.65. The number of carbonyl (C=O) groups is 1. The van der Waals surface area contributed by atoms with E-state index in [1.54, 1.807) is 30.9 Å². The molecule has 1 fully saturated rings. The number of halogens is 1. The Morgan fingerprint density at radius 1 is 1.12 bits per heavy atom. The van der Waals surface area contributed by atoms with E-state index in [1.807, 2.05) is 4.90 Å². The Balaban J connectivity index is 1.69. The number of alkyl halides is 1. The van der Waals surface area contributed by atoms with Crippen LogP contribution < -0.4 is 5.32 Å². The molecule has 8 heteroatoms. The Morgan fingerprint density at radius 3 is 2.54 bits per heavy atom. The topological polar surface area (TPSA) is 83.9 Å². The lowest BCUT2D eigenvalue weighted by atomic mass is 9.93. The summed E-state index contributed by atoms with van der Waals surface area (Å²) in [6.07, 6.45) is 8.80. The quantitative estimate of drug-likeness (QED) is 0.836. The second-order valence-electron chi connectivity index (χ2n) is 5.58. The molecule has 1 aliphatic rings. The fraction of sp³-hybridized carbons (Fsp3) is 0.438. The maximum Gasteiger partial charge on any atom is 0.228 e. The number of aromatic nitrogens is 4. The number of hydrogen-bond donors (Lipinski definition) is 1. The molecule has 0 aliphatic carbocycles. The molecule has 0 bridgehead atoms. The van der Waals surface area contributed by atoms with Crippen molar-refractivity contribution in [3.8, 4) is 0 Å². The van der Waals surface area contributed by atoms with Crippen LogP contribution in [0.15, 0.2) is 30.9 Å². The van der Waals surface area contributed by atoms with Crippen molar-refractivity contribution >= 4 is 29.3 Å². The van der Waals surface area contributed by atoms with Crippen LogP contribution in [-0.4, -0.2) is 49.7 Å². The zero-order valence-corrected chi connectivity index (χ0v) is 14.0. The maximum atomic E-state index is 11.9. The fourth-order valence-corrected chi connectivity index (χ4v) is 3.02. The lowest BCUT2D eigenvalue weighted by Crippen LogP contribution is -2.38. The number of carbonyl (C=O) groups excluding carboxylic acids is 1. The summed E-state index contributed by atoms with van der Waals surface area (Å²) < 4.78 is 0. The molecule has 0 atom stereocenters. The first-order valence-corrected chi connectivity index (χ1v) is 8.50. The highest BCUT2D eigenvalue weighted by Gasteiger charge is 2.26. The summed E-state index contributed by atoms with van der Waals surface area (Å²) in [5.41, 5.74) is 0.898. The molecule has 3 heterocycles. The van der Waals surface area contributed by atoms with Gasteiger partial charge in [-0.3, -0.25) is 9.78 Å². The highest BCUT2D eigenvalue weighted by atomic mass is 35.5. The highest BCUT2D eigenvalue weighted by molar-refractivity contribution is 6.18. The number of anilines is 2. The number of rotatable bonds is 5. The van der Waals surface area contributed by atoms with Gasteiger partial charge in [0.25, 0.3) is 0 Å². The van der Waals surface area contributed by atoms with Crippen LogP contribution in [0.25, 0.3) is 0 Å². The van der Waals surface area contributed by atoms with Crippen molar-refractivity contribution in [1.29, 1.82) is 0 Å². The van der Waals surface area contributed by atoms with Crippen molar-refractivity contribution in [2.45, 2.75) is 25.2 Å². The van der Waals surface area contributed by atoms with Gasteiger partial charge in [0, 0.05) is 56.1 Å². The van der Waals surface area contributed by atoms with Gasteiger partial charge >= 0.3 is 0 Å². The Morgan fingerprint density at radius 2 is 1.83 bits per heavy atom. The van der Waals surface area contributed by atoms with Gasteiger partial charge in [0.05, 0.1) is 5.69 Å². The van der Waals surface area contributed by atoms with E-state index in [0.29, 0.717) is 24.1 Å². The first-order chi connectivity index (χ1) is 11.8. The van der Waals surface area contributed by atoms with Crippen LogP contribution in [0.3, 0.4) is 0 Å². The van der Waals surface area contributed by atoms with Crippen LogP contribution in [-0.2, 0) is 4.79 Å². The van der Waals surface area contributed by atoms with Gasteiger partial charge in [-0.2, -0.15) is 0 Å². The molecule has 0 unspecified atom stereocenters. The molecule has 1 saturated heterocycles. The van der Waals surface area contributed by atoms with Crippen LogP contribution >= 0.6 is 11.6 Å². The Kier molecular flexibility index (Phi) is 5.53. The molecule has 0 saturated carbocycles. The third kappa shape index (κ3) is 3.97. The molecule has 0 aromatic carbocycles. The molecule has 0 spiro atoms. The van der Waals surface area contributed by atoms with Crippen molar-refractivity contribution in [2.24, 2.45) is 0 Å². The van der Waals surface area contributed by atoms with Gasteiger partial charge in [-0.15, -0.1) is 11.6 Å². The van der Waals surface area contributed by atoms with Crippen LogP contribution in [0.5, 0.6) is 0 Å². The van der Waals surface area contributed by atoms with Gasteiger partial charge in [-0.25, -0.2) is 15.0 Å². The molecular formula is C16H19ClN6O. The zero-order chi connectivity index (χ0) is 16.8. The van der Waals surface area contributed by atoms with E-state index >= 15 is 0 Å². The second-order valence-corrected chi connectivity index (χ2v) is 5.96. The first-order valence-electron chi connectivity index (χ1n) is 7.96. The SMILES string of the molecule is O=C(CCCl)N1CCC(c2nccnc2Nc2ncccn2)CC1. The van der Waals surface area contributed by atoms with Crippen LogP contribution in [0.4, 0.5) is 11.8 Å². The van der Waals surface area contributed by atoms with Gasteiger partial charge < -0.3 is 10.2 Å². The van der Waals surface area contributed by atoms with Crippen molar-refractivity contribution < 1.29 is 4.79 Å². The smallest absolute Gasteiger partial charge is 0.228 e. The Labute approximate surface area is 145 Å². The Hall–Kier alpha value is -2.28. The average Bonchev–Trinajstić information content (AvgIpc) is 2.63. The summed E-state index contributed by atoms with van der Waals surface area (Å²) in [6, 6.07) is 1.76. The predicted octanol–water partition coefficient (Wildman–Crippen LogP) is 2.35. The minimum absolute atomic E-state index is 0.124. The zero-order valence-electron chi connectivity index (χ0n) is 13.2. The molecule has 2 aromatic heterocycles. The monoisotopic (exact) mass is 346 g/mol. The standard InChI is InChI=1S/C16H19ClN6O/c17-5-2-13(24)23-10-3-12(4-11-23)14-15(19-9-8-18-14)22-16-20-6-1-7-21-16/h1,6-9,12H,2-5,10-11H2,(H,19,20,21,22). The number of hydrogen-bond acceptors (Lipinski definition) is 6. The van der Waals surface area contributed by atoms with Crippen molar-refractivity contribution in [1.82, 2.24) is 24.8 Å². The summed E-state index contributed by atoms with van der Waals surface area (Å²) in [7, 11) is 0. The molecule has 1 amide bonds. The maximum absolute atomic E-state index is 11.9. The Bertz CT molecular complexity index is 675. The van der Waals surface area contributed by atoms with Gasteiger partial charge in [0.1, 0.15) is 0 Å². The van der Waals surface area contributed by atoms with Crippen molar-refractivity contribution in [2.75, 3.05) is 24.3 Å². The van der Waals surface area contributed by atoms with E-state index in [-0.39, 0.29) is 11.8 Å². The minimum Gasteiger partial charge on any atom is -0.343 e. The summed E-state index contributed by atoms with van der Waals surface area (Å²) in [5.74, 6) is 1.92. The lowest BCUT2D eigenvalue weighted by Gasteiger charge is -2.32. The molecule has 7 nitrogen and oxygen atoms in total. The molecule has 126 valence electrons. The second kappa shape index (κ2) is 8.01. The van der Waals surface area contributed by atoms with Gasteiger partial charge in [0.15, 0.2) is 5.82 Å². The average molecular weight is 347 g/mol. The largest absolute Gasteiger partial charge is 0.343 e. The number of nitrogens with zero attached hydrogens (tertiary/aromatic N) is 5. The van der Waals surface area contributed by atoms with E-state index in [2.05, 4.69) is 25.3 Å². The van der Waals surface area contributed by atoms with Crippen molar-refractivity contribution in [3.05, 3.63) is 36.5 Å². The van der Waals surface area contributed by atoms with Crippen LogP contribution in [0, 0.1) is 0 Å². The fourth-order valence-electron chi connectivity index (χ4n) is 2.85. The van der Waals surface area contributed by atoms with E-state index in [1.165, 1.54) is 0 Å². The molecule has 1 N–H and O–H groups in total. The van der Waals surface area contributed by atoms with Gasteiger partial charge in [0.2, 0.25) is 11.9 Å². The number of amides is 1. The summed E-state index contributed by atoms with van der Waals surface area (Å²) in [4.78, 5) is 31.0. The molecule has 1 aliphatic heterocycles. The number of likely N-dealkylation sites (tertiary alicyclic amines) is 1. The molecule has 3 rings (SSSR count). The molecular weight excluding hydrogens is 328 g/mol. The van der Waals surface area contributed by atoms with Gasteiger partial charge in [-0.05, 0) is 18.9 Å². The third-order valence-corrected chi connectivity index (χ3v) is 4.25. The van der Waals surface area contributed by atoms with Crippen LogP contribution in [0.1, 0.15) is 30.9 Å². The van der Waals surface area contributed by atoms with E-state index < -0.39 is 0 Å². The molecule has 2 aromatic rings. The van der Waals surface area contributed by atoms with Crippen molar-refractivity contribution in [3.63, 3.8) is 0 Å². The lowest BCUT2D eigenvalue weighted by molar-refractivity contribution is -0.131. The normalized spacial score (nSPS) is 15.3. The minimum atomic E-state index is 0.124. The summed E-state index contributed by atoms with van der Waals surface area (Å²) in [5, 5.41) is 3.13. The molecule has 24 heavy (non-hydrogen) atoms.